The second kappa shape index (κ2) is 2.71. The fraction of sp³-hybridized carbons (Fsp3) is 0.200. The number of halogens is 1. The first kappa shape index (κ1) is 6.93. The molecule has 0 saturated carbocycles. The summed E-state index contributed by atoms with van der Waals surface area (Å²) in [6.07, 6.45) is 4.00. The molecule has 0 N–H and O–H groups in total. The summed E-state index contributed by atoms with van der Waals surface area (Å²) in [4.78, 5) is 0. The molecule has 1 aliphatic rings. The Balaban J connectivity index is 2.42. The van der Waals surface area contributed by atoms with Crippen LogP contribution in [0.25, 0.3) is 0 Å². The fourth-order valence-corrected chi connectivity index (χ4v) is 1.63. The quantitative estimate of drug-likeness (QED) is 0.553. The Labute approximate surface area is 71.5 Å². The van der Waals surface area contributed by atoms with Gasteiger partial charge in [-0.3, -0.25) is 0 Å². The van der Waals surface area contributed by atoms with E-state index in [0.29, 0.717) is 0 Å². The smallest absolute Gasteiger partial charge is 0.0188 e. The molecule has 0 unspecified atom stereocenters. The normalized spacial score (nSPS) is 15.5. The van der Waals surface area contributed by atoms with Crippen LogP contribution in [0.15, 0.2) is 35.4 Å². The SMILES string of the molecule is ClC1=CCc2ccccc2C1. The van der Waals surface area contributed by atoms with Gasteiger partial charge >= 0.3 is 0 Å². The summed E-state index contributed by atoms with van der Waals surface area (Å²) in [6.45, 7) is 0. The number of hydrogen-bond donors (Lipinski definition) is 0. The summed E-state index contributed by atoms with van der Waals surface area (Å²) >= 11 is 5.91. The maximum Gasteiger partial charge on any atom is 0.0188 e. The fourth-order valence-electron chi connectivity index (χ4n) is 1.40. The molecule has 1 heteroatoms. The monoisotopic (exact) mass is 164 g/mol. The van der Waals surface area contributed by atoms with Crippen LogP contribution < -0.4 is 0 Å². The predicted octanol–water partition coefficient (Wildman–Crippen LogP) is 2.91. The average molecular weight is 165 g/mol. The first-order valence-electron chi connectivity index (χ1n) is 3.77. The van der Waals surface area contributed by atoms with Gasteiger partial charge in [-0.05, 0) is 17.5 Å². The molecule has 0 aromatic heterocycles. The second-order valence-electron chi connectivity index (χ2n) is 2.80. The number of fused-ring (bicyclic) bond motifs is 1. The van der Waals surface area contributed by atoms with Crippen molar-refractivity contribution < 1.29 is 0 Å². The second-order valence-corrected chi connectivity index (χ2v) is 3.29. The van der Waals surface area contributed by atoms with E-state index in [1.807, 2.05) is 0 Å². The lowest BCUT2D eigenvalue weighted by molar-refractivity contribution is 1.07. The van der Waals surface area contributed by atoms with Crippen LogP contribution >= 0.6 is 11.6 Å². The molecule has 1 aromatic rings. The Hall–Kier alpha value is -0.750. The number of allylic oxidation sites excluding steroid dienone is 2. The number of rotatable bonds is 0. The largest absolute Gasteiger partial charge is 0.0891 e. The summed E-state index contributed by atoms with van der Waals surface area (Å²) in [7, 11) is 0. The van der Waals surface area contributed by atoms with E-state index in [0.717, 1.165) is 17.9 Å². The lowest BCUT2D eigenvalue weighted by Crippen LogP contribution is -1.98. The van der Waals surface area contributed by atoms with Gasteiger partial charge in [0.15, 0.2) is 0 Å². The Morgan fingerprint density at radius 3 is 2.64 bits per heavy atom. The number of benzene rings is 1. The summed E-state index contributed by atoms with van der Waals surface area (Å²) in [5, 5.41) is 0.976. The van der Waals surface area contributed by atoms with Gasteiger partial charge in [0.05, 0.1) is 0 Å². The molecule has 1 aliphatic carbocycles. The molecule has 0 aliphatic heterocycles. The van der Waals surface area contributed by atoms with E-state index in [-0.39, 0.29) is 0 Å². The molecule has 2 rings (SSSR count). The van der Waals surface area contributed by atoms with Crippen molar-refractivity contribution in [2.24, 2.45) is 0 Å². The lowest BCUT2D eigenvalue weighted by atomic mass is 9.97. The van der Waals surface area contributed by atoms with Crippen molar-refractivity contribution in [1.82, 2.24) is 0 Å². The molecule has 0 amide bonds. The van der Waals surface area contributed by atoms with Crippen LogP contribution in [0.4, 0.5) is 0 Å². The topological polar surface area (TPSA) is 0 Å². The zero-order valence-electron chi connectivity index (χ0n) is 6.18. The van der Waals surface area contributed by atoms with Crippen molar-refractivity contribution in [2.45, 2.75) is 12.8 Å². The third-order valence-corrected chi connectivity index (χ3v) is 2.31. The molecule has 0 fully saturated rings. The van der Waals surface area contributed by atoms with Crippen molar-refractivity contribution in [1.29, 1.82) is 0 Å². The van der Waals surface area contributed by atoms with Gasteiger partial charge in [0.2, 0.25) is 0 Å². The zero-order valence-corrected chi connectivity index (χ0v) is 6.93. The van der Waals surface area contributed by atoms with E-state index < -0.39 is 0 Å². The van der Waals surface area contributed by atoms with Crippen LogP contribution in [0.1, 0.15) is 11.1 Å². The minimum atomic E-state index is 0.914. The standard InChI is InChI=1S/C10H9Cl/c11-10-6-5-8-3-1-2-4-9(8)7-10/h1-4,6H,5,7H2. The molecular weight excluding hydrogens is 156 g/mol. The molecule has 0 radical (unpaired) electrons. The maximum absolute atomic E-state index is 5.91. The molecule has 0 saturated heterocycles. The molecule has 0 bridgehead atoms. The van der Waals surface area contributed by atoms with Gasteiger partial charge in [-0.15, -0.1) is 0 Å². The lowest BCUT2D eigenvalue weighted by Gasteiger charge is -2.11. The average Bonchev–Trinajstić information content (AvgIpc) is 2.04. The van der Waals surface area contributed by atoms with E-state index in [1.54, 1.807) is 0 Å². The Morgan fingerprint density at radius 1 is 1.09 bits per heavy atom. The molecule has 0 heterocycles. The first-order valence-corrected chi connectivity index (χ1v) is 4.15. The van der Waals surface area contributed by atoms with Gasteiger partial charge < -0.3 is 0 Å². The van der Waals surface area contributed by atoms with Gasteiger partial charge in [-0.2, -0.15) is 0 Å². The summed E-state index contributed by atoms with van der Waals surface area (Å²) < 4.78 is 0. The van der Waals surface area contributed by atoms with Crippen LogP contribution in [0.3, 0.4) is 0 Å². The predicted molar refractivity (Wildman–Crippen MR) is 47.8 cm³/mol. The van der Waals surface area contributed by atoms with E-state index in [2.05, 4.69) is 30.3 Å². The molecule has 0 spiro atoms. The van der Waals surface area contributed by atoms with Gasteiger partial charge in [0.25, 0.3) is 0 Å². The highest BCUT2D eigenvalue weighted by Crippen LogP contribution is 2.22. The Morgan fingerprint density at radius 2 is 1.82 bits per heavy atom. The highest BCUT2D eigenvalue weighted by molar-refractivity contribution is 6.29. The zero-order chi connectivity index (χ0) is 7.68. The van der Waals surface area contributed by atoms with Crippen molar-refractivity contribution >= 4 is 11.6 Å². The van der Waals surface area contributed by atoms with Crippen molar-refractivity contribution in [3.05, 3.63) is 46.5 Å². The molecule has 1 aromatic carbocycles. The van der Waals surface area contributed by atoms with Crippen LogP contribution in [0.2, 0.25) is 0 Å². The third-order valence-electron chi connectivity index (χ3n) is 2.02. The summed E-state index contributed by atoms with van der Waals surface area (Å²) in [6, 6.07) is 8.44. The molecule has 56 valence electrons. The molecule has 11 heavy (non-hydrogen) atoms. The van der Waals surface area contributed by atoms with Crippen LogP contribution in [0, 0.1) is 0 Å². The molecular formula is C10H9Cl. The Bertz CT molecular complexity index is 299. The maximum atomic E-state index is 5.91. The Kier molecular flexibility index (Phi) is 1.71. The van der Waals surface area contributed by atoms with Gasteiger partial charge in [-0.1, -0.05) is 41.9 Å². The van der Waals surface area contributed by atoms with Gasteiger partial charge in [0, 0.05) is 11.5 Å². The van der Waals surface area contributed by atoms with E-state index in [9.17, 15) is 0 Å². The van der Waals surface area contributed by atoms with E-state index in [4.69, 9.17) is 11.6 Å². The minimum absolute atomic E-state index is 0.914. The van der Waals surface area contributed by atoms with Gasteiger partial charge in [-0.25, -0.2) is 0 Å². The summed E-state index contributed by atoms with van der Waals surface area (Å²) in [5.41, 5.74) is 2.79. The van der Waals surface area contributed by atoms with Crippen LogP contribution in [-0.2, 0) is 12.8 Å². The van der Waals surface area contributed by atoms with E-state index in [1.165, 1.54) is 11.1 Å². The van der Waals surface area contributed by atoms with Crippen molar-refractivity contribution in [3.8, 4) is 0 Å². The van der Waals surface area contributed by atoms with E-state index >= 15 is 0 Å². The van der Waals surface area contributed by atoms with Crippen molar-refractivity contribution in [2.75, 3.05) is 0 Å². The van der Waals surface area contributed by atoms with Crippen molar-refractivity contribution in [3.63, 3.8) is 0 Å². The van der Waals surface area contributed by atoms with Gasteiger partial charge in [0.1, 0.15) is 0 Å². The number of hydrogen-bond acceptors (Lipinski definition) is 0. The molecule has 0 atom stereocenters. The highest BCUT2D eigenvalue weighted by Gasteiger charge is 2.07. The third kappa shape index (κ3) is 1.31. The first-order chi connectivity index (χ1) is 5.36. The molecule has 0 nitrogen and oxygen atoms in total. The van der Waals surface area contributed by atoms with Crippen LogP contribution in [0.5, 0.6) is 0 Å². The summed E-state index contributed by atoms with van der Waals surface area (Å²) in [5.74, 6) is 0. The van der Waals surface area contributed by atoms with Crippen LogP contribution in [-0.4, -0.2) is 0 Å². The minimum Gasteiger partial charge on any atom is -0.0891 e. The highest BCUT2D eigenvalue weighted by atomic mass is 35.5.